The van der Waals surface area contributed by atoms with Crippen molar-refractivity contribution in [2.45, 2.75) is 13.3 Å². The van der Waals surface area contributed by atoms with Gasteiger partial charge in [-0.15, -0.1) is 13.2 Å². The predicted molar refractivity (Wildman–Crippen MR) is 67.1 cm³/mol. The van der Waals surface area contributed by atoms with Crippen LogP contribution >= 0.6 is 0 Å². The second-order valence-electron chi connectivity index (χ2n) is 3.58. The average molecular weight is 300 g/mol. The van der Waals surface area contributed by atoms with Crippen molar-refractivity contribution in [3.8, 4) is 11.8 Å². The minimum absolute atomic E-state index is 0.0492. The van der Waals surface area contributed by atoms with E-state index in [1.165, 1.54) is 18.2 Å². The summed E-state index contributed by atoms with van der Waals surface area (Å²) in [6.45, 7) is 1.64. The van der Waals surface area contributed by atoms with Crippen molar-refractivity contribution < 1.29 is 27.4 Å². The van der Waals surface area contributed by atoms with Crippen molar-refractivity contribution in [3.05, 3.63) is 36.0 Å². The Kier molecular flexibility index (Phi) is 5.60. The number of nitrogens with zero attached hydrogens (tertiary/aromatic N) is 1. The number of benzene rings is 1. The Morgan fingerprint density at radius 3 is 2.67 bits per heavy atom. The Hall–Kier alpha value is -2.69. The van der Waals surface area contributed by atoms with Crippen LogP contribution in [-0.2, 0) is 9.53 Å². The standard InChI is InChI=1S/C13H11F3N2O3/c1-2-20-12(19)9(7-17)8-18-10-5-3-4-6-11(10)21-13(14,15)16/h3-6,8,18H,2H2,1H3/b9-8-. The number of nitrogens with one attached hydrogen (secondary N) is 1. The highest BCUT2D eigenvalue weighted by Crippen LogP contribution is 2.29. The third kappa shape index (κ3) is 5.44. The number of hydrogen-bond acceptors (Lipinski definition) is 5. The van der Waals surface area contributed by atoms with Gasteiger partial charge in [-0.1, -0.05) is 12.1 Å². The maximum absolute atomic E-state index is 12.2. The van der Waals surface area contributed by atoms with Gasteiger partial charge in [-0.05, 0) is 19.1 Å². The molecule has 0 aliphatic rings. The minimum Gasteiger partial charge on any atom is -0.462 e. The molecule has 0 spiro atoms. The first-order chi connectivity index (χ1) is 9.87. The first-order valence-electron chi connectivity index (χ1n) is 5.76. The van der Waals surface area contributed by atoms with E-state index in [1.54, 1.807) is 13.0 Å². The fraction of sp³-hybridized carbons (Fsp3) is 0.231. The number of esters is 1. The highest BCUT2D eigenvalue weighted by Gasteiger charge is 2.32. The molecule has 0 saturated carbocycles. The van der Waals surface area contributed by atoms with Crippen molar-refractivity contribution in [1.29, 1.82) is 5.26 Å². The van der Waals surface area contributed by atoms with Gasteiger partial charge in [-0.2, -0.15) is 5.26 Å². The SMILES string of the molecule is CCOC(=O)/C(C#N)=C\Nc1ccccc1OC(F)(F)F. The lowest BCUT2D eigenvalue weighted by Gasteiger charge is -2.12. The molecule has 0 atom stereocenters. The predicted octanol–water partition coefficient (Wildman–Crippen LogP) is 2.97. The maximum Gasteiger partial charge on any atom is 0.573 e. The molecule has 0 aliphatic heterocycles. The van der Waals surface area contributed by atoms with Crippen LogP contribution in [0, 0.1) is 11.3 Å². The molecule has 0 radical (unpaired) electrons. The Labute approximate surface area is 118 Å². The molecule has 21 heavy (non-hydrogen) atoms. The highest BCUT2D eigenvalue weighted by molar-refractivity contribution is 5.93. The fourth-order valence-corrected chi connectivity index (χ4v) is 1.30. The molecule has 0 heterocycles. The average Bonchev–Trinajstić information content (AvgIpc) is 2.40. The molecule has 1 rings (SSSR count). The Bertz CT molecular complexity index is 577. The number of nitriles is 1. The summed E-state index contributed by atoms with van der Waals surface area (Å²) in [5, 5.41) is 11.2. The Morgan fingerprint density at radius 2 is 2.10 bits per heavy atom. The molecule has 1 N–H and O–H groups in total. The summed E-state index contributed by atoms with van der Waals surface area (Å²) < 4.78 is 45.1. The lowest BCUT2D eigenvalue weighted by Crippen LogP contribution is -2.18. The number of alkyl halides is 3. The summed E-state index contributed by atoms with van der Waals surface area (Å²) >= 11 is 0. The molecule has 0 aromatic heterocycles. The van der Waals surface area contributed by atoms with E-state index in [4.69, 9.17) is 5.26 Å². The van der Waals surface area contributed by atoms with Gasteiger partial charge in [0.05, 0.1) is 12.3 Å². The summed E-state index contributed by atoms with van der Waals surface area (Å²) in [7, 11) is 0. The van der Waals surface area contributed by atoms with E-state index in [1.807, 2.05) is 0 Å². The van der Waals surface area contributed by atoms with Gasteiger partial charge in [0.15, 0.2) is 11.3 Å². The third-order valence-corrected chi connectivity index (χ3v) is 2.10. The van der Waals surface area contributed by atoms with Crippen LogP contribution in [0.2, 0.25) is 0 Å². The topological polar surface area (TPSA) is 71.4 Å². The second-order valence-corrected chi connectivity index (χ2v) is 3.58. The van der Waals surface area contributed by atoms with Gasteiger partial charge in [0.2, 0.25) is 0 Å². The zero-order valence-electron chi connectivity index (χ0n) is 10.9. The molecule has 112 valence electrons. The van der Waals surface area contributed by atoms with Gasteiger partial charge < -0.3 is 14.8 Å². The molecular formula is C13H11F3N2O3. The van der Waals surface area contributed by atoms with Gasteiger partial charge in [0.25, 0.3) is 0 Å². The van der Waals surface area contributed by atoms with Gasteiger partial charge in [-0.3, -0.25) is 0 Å². The number of hydrogen-bond donors (Lipinski definition) is 1. The Morgan fingerprint density at radius 1 is 1.43 bits per heavy atom. The fourth-order valence-electron chi connectivity index (χ4n) is 1.30. The number of ether oxygens (including phenoxy) is 2. The van der Waals surface area contributed by atoms with Crippen LogP contribution in [0.4, 0.5) is 18.9 Å². The lowest BCUT2D eigenvalue weighted by atomic mass is 10.3. The largest absolute Gasteiger partial charge is 0.573 e. The Balaban J connectivity index is 2.93. The number of carbonyl (C=O) groups excluding carboxylic acids is 1. The summed E-state index contributed by atoms with van der Waals surface area (Å²) in [4.78, 5) is 11.3. The zero-order valence-corrected chi connectivity index (χ0v) is 10.9. The van der Waals surface area contributed by atoms with E-state index < -0.39 is 18.1 Å². The van der Waals surface area contributed by atoms with Crippen molar-refractivity contribution >= 4 is 11.7 Å². The third-order valence-electron chi connectivity index (χ3n) is 2.10. The van der Waals surface area contributed by atoms with Crippen LogP contribution < -0.4 is 10.1 Å². The molecule has 0 saturated heterocycles. The van der Waals surface area contributed by atoms with Crippen LogP contribution in [0.5, 0.6) is 5.75 Å². The summed E-state index contributed by atoms with van der Waals surface area (Å²) in [5.74, 6) is -1.36. The molecule has 0 fully saturated rings. The van der Waals surface area contributed by atoms with E-state index in [0.29, 0.717) is 0 Å². The number of rotatable bonds is 5. The first-order valence-corrected chi connectivity index (χ1v) is 5.76. The van der Waals surface area contributed by atoms with E-state index in [0.717, 1.165) is 12.3 Å². The zero-order chi connectivity index (χ0) is 15.9. The van der Waals surface area contributed by atoms with E-state index >= 15 is 0 Å². The monoisotopic (exact) mass is 300 g/mol. The highest BCUT2D eigenvalue weighted by atomic mass is 19.4. The maximum atomic E-state index is 12.2. The summed E-state index contributed by atoms with van der Waals surface area (Å²) in [6.07, 6.45) is -3.89. The normalized spacial score (nSPS) is 11.5. The van der Waals surface area contributed by atoms with Crippen LogP contribution in [-0.4, -0.2) is 18.9 Å². The van der Waals surface area contributed by atoms with Gasteiger partial charge in [-0.25, -0.2) is 4.79 Å². The molecule has 8 heteroatoms. The van der Waals surface area contributed by atoms with Gasteiger partial charge >= 0.3 is 12.3 Å². The summed E-state index contributed by atoms with van der Waals surface area (Å²) in [5.41, 5.74) is -0.425. The number of para-hydroxylation sites is 2. The van der Waals surface area contributed by atoms with Crippen molar-refractivity contribution in [3.63, 3.8) is 0 Å². The lowest BCUT2D eigenvalue weighted by molar-refractivity contribution is -0.274. The molecule has 0 bridgehead atoms. The van der Waals surface area contributed by atoms with Gasteiger partial charge in [0, 0.05) is 6.20 Å². The van der Waals surface area contributed by atoms with Gasteiger partial charge in [0.1, 0.15) is 6.07 Å². The smallest absolute Gasteiger partial charge is 0.462 e. The van der Waals surface area contributed by atoms with Crippen LogP contribution in [0.15, 0.2) is 36.0 Å². The second kappa shape index (κ2) is 7.19. The molecule has 0 amide bonds. The van der Waals surface area contributed by atoms with Crippen molar-refractivity contribution in [1.82, 2.24) is 0 Å². The number of carbonyl (C=O) groups is 1. The van der Waals surface area contributed by atoms with Crippen LogP contribution in [0.3, 0.4) is 0 Å². The molecule has 5 nitrogen and oxygen atoms in total. The number of anilines is 1. The van der Waals surface area contributed by atoms with Crippen molar-refractivity contribution in [2.75, 3.05) is 11.9 Å². The quantitative estimate of drug-likeness (QED) is 0.514. The van der Waals surface area contributed by atoms with Crippen LogP contribution in [0.1, 0.15) is 6.92 Å². The molecule has 0 aliphatic carbocycles. The molecular weight excluding hydrogens is 289 g/mol. The summed E-state index contributed by atoms with van der Waals surface area (Å²) in [6, 6.07) is 6.81. The van der Waals surface area contributed by atoms with E-state index in [2.05, 4.69) is 14.8 Å². The van der Waals surface area contributed by atoms with Crippen LogP contribution in [0.25, 0.3) is 0 Å². The first kappa shape index (κ1) is 16.4. The minimum atomic E-state index is -4.85. The molecule has 0 unspecified atom stereocenters. The van der Waals surface area contributed by atoms with Crippen molar-refractivity contribution in [2.24, 2.45) is 0 Å². The van der Waals surface area contributed by atoms with E-state index in [-0.39, 0.29) is 17.9 Å². The van der Waals surface area contributed by atoms with E-state index in [9.17, 15) is 18.0 Å². The molecule has 1 aromatic carbocycles. The number of halogens is 3. The molecule has 1 aromatic rings.